The minimum Gasteiger partial charge on any atom is -0.354 e. The first-order valence-corrected chi connectivity index (χ1v) is 11.5. The van der Waals surface area contributed by atoms with Gasteiger partial charge in [0.05, 0.1) is 17.3 Å². The molecule has 0 bridgehead atoms. The van der Waals surface area contributed by atoms with Crippen molar-refractivity contribution in [2.45, 2.75) is 45.4 Å². The highest BCUT2D eigenvalue weighted by molar-refractivity contribution is 5.88. The Hall–Kier alpha value is -2.96. The van der Waals surface area contributed by atoms with E-state index in [1.165, 1.54) is 0 Å². The molecule has 1 aromatic carbocycles. The molecule has 2 fully saturated rings. The van der Waals surface area contributed by atoms with E-state index >= 15 is 0 Å². The normalized spacial score (nSPS) is 18.3. The summed E-state index contributed by atoms with van der Waals surface area (Å²) >= 11 is 0. The minimum atomic E-state index is 0.266. The number of amides is 1. The summed E-state index contributed by atoms with van der Waals surface area (Å²) in [6.45, 7) is 7.61. The molecule has 0 spiro atoms. The Morgan fingerprint density at radius 3 is 2.65 bits per heavy atom. The summed E-state index contributed by atoms with van der Waals surface area (Å²) in [7, 11) is 0. The standard InChI is InChI=1S/C24H30N6O/c1-3-17(2)21-26-22(28-12-7-13-29(15-14-28)24(31)18-10-11-18)20-16-25-30(23(20)27-21)19-8-5-4-6-9-19/h4-6,8-9,16-18H,3,7,10-15H2,1-2H3. The fourth-order valence-electron chi connectivity index (χ4n) is 4.25. The molecule has 1 atom stereocenters. The van der Waals surface area contributed by atoms with Crippen LogP contribution in [0.5, 0.6) is 0 Å². The first-order valence-electron chi connectivity index (χ1n) is 11.5. The molecular formula is C24H30N6O. The van der Waals surface area contributed by atoms with Crippen molar-refractivity contribution in [3.05, 3.63) is 42.4 Å². The van der Waals surface area contributed by atoms with E-state index in [1.54, 1.807) is 0 Å². The molecule has 5 rings (SSSR count). The number of para-hydroxylation sites is 1. The highest BCUT2D eigenvalue weighted by Crippen LogP contribution is 2.32. The lowest BCUT2D eigenvalue weighted by Gasteiger charge is -2.24. The molecule has 0 radical (unpaired) electrons. The van der Waals surface area contributed by atoms with Crippen LogP contribution >= 0.6 is 0 Å². The van der Waals surface area contributed by atoms with Crippen molar-refractivity contribution in [1.29, 1.82) is 0 Å². The Labute approximate surface area is 183 Å². The van der Waals surface area contributed by atoms with Crippen LogP contribution in [0.2, 0.25) is 0 Å². The van der Waals surface area contributed by atoms with Gasteiger partial charge in [-0.2, -0.15) is 5.10 Å². The summed E-state index contributed by atoms with van der Waals surface area (Å²) in [6, 6.07) is 10.1. The predicted octanol–water partition coefficient (Wildman–Crippen LogP) is 3.78. The van der Waals surface area contributed by atoms with Gasteiger partial charge in [0, 0.05) is 38.0 Å². The average molecular weight is 419 g/mol. The van der Waals surface area contributed by atoms with E-state index in [0.29, 0.717) is 5.91 Å². The molecular weight excluding hydrogens is 388 g/mol. The monoisotopic (exact) mass is 418 g/mol. The van der Waals surface area contributed by atoms with E-state index in [-0.39, 0.29) is 11.8 Å². The van der Waals surface area contributed by atoms with Gasteiger partial charge < -0.3 is 9.80 Å². The first-order chi connectivity index (χ1) is 15.2. The van der Waals surface area contributed by atoms with Crippen molar-refractivity contribution in [3.63, 3.8) is 0 Å². The third-order valence-corrected chi connectivity index (χ3v) is 6.51. The number of rotatable bonds is 5. The molecule has 31 heavy (non-hydrogen) atoms. The van der Waals surface area contributed by atoms with Crippen molar-refractivity contribution < 1.29 is 4.79 Å². The Bertz CT molecular complexity index is 1070. The van der Waals surface area contributed by atoms with Crippen molar-refractivity contribution >= 4 is 22.8 Å². The highest BCUT2D eigenvalue weighted by atomic mass is 16.2. The molecule has 3 aromatic rings. The molecule has 2 aromatic heterocycles. The van der Waals surface area contributed by atoms with Crippen LogP contribution in [-0.2, 0) is 4.79 Å². The second kappa shape index (κ2) is 8.29. The summed E-state index contributed by atoms with van der Waals surface area (Å²) in [5.41, 5.74) is 1.84. The summed E-state index contributed by atoms with van der Waals surface area (Å²) in [5, 5.41) is 5.64. The molecule has 1 saturated heterocycles. The molecule has 1 aliphatic heterocycles. The van der Waals surface area contributed by atoms with Gasteiger partial charge >= 0.3 is 0 Å². The largest absolute Gasteiger partial charge is 0.354 e. The minimum absolute atomic E-state index is 0.266. The second-order valence-electron chi connectivity index (χ2n) is 8.78. The maximum absolute atomic E-state index is 12.6. The van der Waals surface area contributed by atoms with Crippen LogP contribution in [0.1, 0.15) is 51.3 Å². The lowest BCUT2D eigenvalue weighted by atomic mass is 10.1. The molecule has 1 saturated carbocycles. The number of aromatic nitrogens is 4. The van der Waals surface area contributed by atoms with Gasteiger partial charge in [0.2, 0.25) is 5.91 Å². The zero-order valence-electron chi connectivity index (χ0n) is 18.4. The quantitative estimate of drug-likeness (QED) is 0.631. The van der Waals surface area contributed by atoms with Crippen molar-refractivity contribution in [3.8, 4) is 5.69 Å². The summed E-state index contributed by atoms with van der Waals surface area (Å²) in [4.78, 5) is 26.9. The number of hydrogen-bond donors (Lipinski definition) is 0. The molecule has 7 nitrogen and oxygen atoms in total. The number of anilines is 1. The summed E-state index contributed by atoms with van der Waals surface area (Å²) in [5.74, 6) is 2.69. The molecule has 1 unspecified atom stereocenters. The Morgan fingerprint density at radius 2 is 1.90 bits per heavy atom. The number of carbonyl (C=O) groups is 1. The third-order valence-electron chi connectivity index (χ3n) is 6.51. The van der Waals surface area contributed by atoms with Gasteiger partial charge in [-0.15, -0.1) is 0 Å². The lowest BCUT2D eigenvalue weighted by Crippen LogP contribution is -2.36. The van der Waals surface area contributed by atoms with Crippen molar-refractivity contribution in [1.82, 2.24) is 24.6 Å². The summed E-state index contributed by atoms with van der Waals surface area (Å²) < 4.78 is 1.91. The molecule has 7 heteroatoms. The fraction of sp³-hybridized carbons (Fsp3) is 0.500. The Kier molecular flexibility index (Phi) is 5.34. The lowest BCUT2D eigenvalue weighted by molar-refractivity contribution is -0.132. The van der Waals surface area contributed by atoms with Crippen molar-refractivity contribution in [2.75, 3.05) is 31.1 Å². The van der Waals surface area contributed by atoms with Crippen LogP contribution in [0.4, 0.5) is 5.82 Å². The molecule has 162 valence electrons. The van der Waals surface area contributed by atoms with Gasteiger partial charge in [0.25, 0.3) is 0 Å². The van der Waals surface area contributed by atoms with Gasteiger partial charge in [0.15, 0.2) is 5.65 Å². The predicted molar refractivity (Wildman–Crippen MR) is 122 cm³/mol. The van der Waals surface area contributed by atoms with Gasteiger partial charge in [0.1, 0.15) is 11.6 Å². The van der Waals surface area contributed by atoms with Crippen LogP contribution in [0, 0.1) is 5.92 Å². The molecule has 0 N–H and O–H groups in total. The molecule has 1 aliphatic carbocycles. The van der Waals surface area contributed by atoms with E-state index in [0.717, 1.165) is 80.2 Å². The number of carbonyl (C=O) groups excluding carboxylic acids is 1. The molecule has 2 aliphatic rings. The zero-order valence-corrected chi connectivity index (χ0v) is 18.4. The topological polar surface area (TPSA) is 67.2 Å². The first kappa shape index (κ1) is 20.0. The van der Waals surface area contributed by atoms with Gasteiger partial charge in [-0.1, -0.05) is 32.0 Å². The Balaban J connectivity index is 1.52. The van der Waals surface area contributed by atoms with Crippen LogP contribution in [0.15, 0.2) is 36.5 Å². The van der Waals surface area contributed by atoms with E-state index < -0.39 is 0 Å². The number of hydrogen-bond acceptors (Lipinski definition) is 5. The fourth-order valence-corrected chi connectivity index (χ4v) is 4.25. The van der Waals surface area contributed by atoms with Gasteiger partial charge in [-0.3, -0.25) is 4.79 Å². The smallest absolute Gasteiger partial charge is 0.225 e. The number of benzene rings is 1. The second-order valence-corrected chi connectivity index (χ2v) is 8.78. The SMILES string of the molecule is CCC(C)c1nc(N2CCCN(C(=O)C3CC3)CC2)c2cnn(-c3ccccc3)c2n1. The van der Waals surface area contributed by atoms with Crippen LogP contribution in [-0.4, -0.2) is 56.7 Å². The zero-order chi connectivity index (χ0) is 21.4. The van der Waals surface area contributed by atoms with E-state index in [2.05, 4.69) is 28.7 Å². The average Bonchev–Trinajstić information content (AvgIpc) is 3.61. The maximum Gasteiger partial charge on any atom is 0.225 e. The van der Waals surface area contributed by atoms with Crippen molar-refractivity contribution in [2.24, 2.45) is 5.92 Å². The van der Waals surface area contributed by atoms with Crippen LogP contribution < -0.4 is 4.90 Å². The van der Waals surface area contributed by atoms with Crippen LogP contribution in [0.25, 0.3) is 16.7 Å². The van der Waals surface area contributed by atoms with E-state index in [9.17, 15) is 4.79 Å². The van der Waals surface area contributed by atoms with Gasteiger partial charge in [-0.25, -0.2) is 14.6 Å². The van der Waals surface area contributed by atoms with Crippen LogP contribution in [0.3, 0.4) is 0 Å². The highest BCUT2D eigenvalue weighted by Gasteiger charge is 2.34. The molecule has 3 heterocycles. The Morgan fingerprint density at radius 1 is 1.10 bits per heavy atom. The maximum atomic E-state index is 12.6. The summed E-state index contributed by atoms with van der Waals surface area (Å²) in [6.07, 6.45) is 5.94. The number of nitrogens with zero attached hydrogens (tertiary/aromatic N) is 6. The van der Waals surface area contributed by atoms with E-state index in [1.807, 2.05) is 41.2 Å². The van der Waals surface area contributed by atoms with Gasteiger partial charge in [-0.05, 0) is 37.8 Å². The van der Waals surface area contributed by atoms with E-state index in [4.69, 9.17) is 9.97 Å². The number of fused-ring (bicyclic) bond motifs is 1. The molecule has 1 amide bonds. The third kappa shape index (κ3) is 3.89.